The Bertz CT molecular complexity index is 3420. The van der Waals surface area contributed by atoms with Gasteiger partial charge in [-0.25, -0.2) is 0 Å². The van der Waals surface area contributed by atoms with Crippen molar-refractivity contribution in [3.8, 4) is 55.6 Å². The summed E-state index contributed by atoms with van der Waals surface area (Å²) in [6.45, 7) is 18.8. The number of para-hydroxylation sites is 1. The molecule has 12 rings (SSSR count). The quantitative estimate of drug-likeness (QED) is 0.167. The molecule has 0 aliphatic heterocycles. The minimum Gasteiger partial charge on any atom is -0.310 e. The number of fused-ring (bicyclic) bond motifs is 13. The molecule has 0 aromatic heterocycles. The number of hydrogen-bond acceptors (Lipinski definition) is 1. The molecule has 0 amide bonds. The Morgan fingerprint density at radius 2 is 0.746 bits per heavy atom. The summed E-state index contributed by atoms with van der Waals surface area (Å²) < 4.78 is 0. The average Bonchev–Trinajstić information content (AvgIpc) is 3.89. The Labute approximate surface area is 397 Å². The maximum Gasteiger partial charge on any atom is 0.0726 e. The van der Waals surface area contributed by atoms with Crippen molar-refractivity contribution in [2.75, 3.05) is 4.90 Å². The Morgan fingerprint density at radius 1 is 0.313 bits per heavy atom. The second-order valence-electron chi connectivity index (χ2n) is 21.7. The van der Waals surface area contributed by atoms with E-state index in [1.807, 2.05) is 0 Å². The SMILES string of the molecule is CC(C)(C)c1cc(-c2ccc3c(c2)C2(c4ccccc4-3)c3ccccc3-c3ccc(N(c4ccc5c(c4)C(C)(C)c4ccccc4-5)c4ccccc4-c4ccccc4)cc32)cc(C(C)(C)C)c1. The van der Waals surface area contributed by atoms with E-state index in [-0.39, 0.29) is 16.2 Å². The van der Waals surface area contributed by atoms with Gasteiger partial charge in [0.15, 0.2) is 0 Å². The smallest absolute Gasteiger partial charge is 0.0726 e. The third-order valence-corrected chi connectivity index (χ3v) is 15.4. The van der Waals surface area contributed by atoms with Crippen molar-refractivity contribution in [1.29, 1.82) is 0 Å². The molecule has 0 bridgehead atoms. The first kappa shape index (κ1) is 41.2. The zero-order chi connectivity index (χ0) is 46.0. The Balaban J connectivity index is 1.12. The molecule has 3 aliphatic carbocycles. The van der Waals surface area contributed by atoms with Crippen LogP contribution in [0.15, 0.2) is 200 Å². The van der Waals surface area contributed by atoms with Gasteiger partial charge in [0.05, 0.1) is 11.1 Å². The molecule has 0 fully saturated rings. The van der Waals surface area contributed by atoms with E-state index in [2.05, 4.69) is 260 Å². The second-order valence-corrected chi connectivity index (χ2v) is 21.7. The molecule has 9 aromatic rings. The van der Waals surface area contributed by atoms with Crippen LogP contribution in [0.1, 0.15) is 99.9 Å². The van der Waals surface area contributed by atoms with Crippen LogP contribution < -0.4 is 4.90 Å². The van der Waals surface area contributed by atoms with E-state index in [0.29, 0.717) is 0 Å². The molecule has 1 nitrogen and oxygen atoms in total. The summed E-state index contributed by atoms with van der Waals surface area (Å²) >= 11 is 0. The van der Waals surface area contributed by atoms with Crippen LogP contribution in [-0.4, -0.2) is 0 Å². The first-order valence-corrected chi connectivity index (χ1v) is 24.1. The highest BCUT2D eigenvalue weighted by molar-refractivity contribution is 5.98. The van der Waals surface area contributed by atoms with Crippen molar-refractivity contribution >= 4 is 17.1 Å². The van der Waals surface area contributed by atoms with E-state index >= 15 is 0 Å². The van der Waals surface area contributed by atoms with Gasteiger partial charge in [0.25, 0.3) is 0 Å². The average molecular weight is 864 g/mol. The van der Waals surface area contributed by atoms with Gasteiger partial charge < -0.3 is 4.90 Å². The predicted octanol–water partition coefficient (Wildman–Crippen LogP) is 17.7. The van der Waals surface area contributed by atoms with Gasteiger partial charge in [0.1, 0.15) is 0 Å². The van der Waals surface area contributed by atoms with Crippen molar-refractivity contribution in [3.05, 3.63) is 245 Å². The van der Waals surface area contributed by atoms with E-state index in [0.717, 1.165) is 17.1 Å². The lowest BCUT2D eigenvalue weighted by Gasteiger charge is -2.33. The summed E-state index contributed by atoms with van der Waals surface area (Å²) in [5.41, 5.74) is 26.4. The van der Waals surface area contributed by atoms with Crippen molar-refractivity contribution in [1.82, 2.24) is 0 Å². The van der Waals surface area contributed by atoms with E-state index in [1.165, 1.54) is 100 Å². The van der Waals surface area contributed by atoms with Crippen LogP contribution in [0.5, 0.6) is 0 Å². The lowest BCUT2D eigenvalue weighted by atomic mass is 9.70. The summed E-state index contributed by atoms with van der Waals surface area (Å²) in [5, 5.41) is 0. The maximum absolute atomic E-state index is 2.55. The van der Waals surface area contributed by atoms with Gasteiger partial charge in [0.2, 0.25) is 0 Å². The highest BCUT2D eigenvalue weighted by atomic mass is 15.1. The number of benzene rings is 9. The standard InChI is InChI=1S/C66H57N/c1-63(2,3)45-36-44(37-46(39-45)64(4,5)6)43-30-33-54-51-24-13-17-27-57(51)66(60(54)38-43)58-28-18-14-25-52(58)55-35-32-48(41-61(55)66)67(62-29-19-15-22-49(62)42-20-10-9-11-21-42)47-31-34-53-50-23-12-16-26-56(50)65(7,8)59(53)40-47/h9-41H,1-8H3. The van der Waals surface area contributed by atoms with E-state index in [4.69, 9.17) is 0 Å². The lowest BCUT2D eigenvalue weighted by Crippen LogP contribution is -2.26. The van der Waals surface area contributed by atoms with Crippen molar-refractivity contribution in [2.24, 2.45) is 0 Å². The highest BCUT2D eigenvalue weighted by Crippen LogP contribution is 2.64. The molecule has 326 valence electrons. The number of anilines is 3. The Hall–Kier alpha value is -7.22. The van der Waals surface area contributed by atoms with Crippen LogP contribution in [-0.2, 0) is 21.7 Å². The molecule has 0 radical (unpaired) electrons. The molecular formula is C66H57N. The van der Waals surface area contributed by atoms with Crippen LogP contribution in [0.3, 0.4) is 0 Å². The summed E-state index contributed by atoms with van der Waals surface area (Å²) in [6, 6.07) is 76.3. The highest BCUT2D eigenvalue weighted by Gasteiger charge is 2.52. The molecule has 1 atom stereocenters. The third-order valence-electron chi connectivity index (χ3n) is 15.4. The first-order chi connectivity index (χ1) is 32.2. The molecule has 1 spiro atoms. The summed E-state index contributed by atoms with van der Waals surface area (Å²) in [4.78, 5) is 2.53. The van der Waals surface area contributed by atoms with Gasteiger partial charge in [-0.05, 0) is 142 Å². The molecule has 67 heavy (non-hydrogen) atoms. The molecule has 0 N–H and O–H groups in total. The van der Waals surface area contributed by atoms with E-state index in [1.54, 1.807) is 0 Å². The van der Waals surface area contributed by atoms with Gasteiger partial charge >= 0.3 is 0 Å². The molecule has 1 heteroatoms. The van der Waals surface area contributed by atoms with Gasteiger partial charge in [-0.2, -0.15) is 0 Å². The lowest BCUT2D eigenvalue weighted by molar-refractivity contribution is 0.569. The number of hydrogen-bond donors (Lipinski definition) is 0. The fourth-order valence-electron chi connectivity index (χ4n) is 11.9. The van der Waals surface area contributed by atoms with Gasteiger partial charge in [0, 0.05) is 22.4 Å². The fraction of sp³-hybridized carbons (Fsp3) is 0.182. The van der Waals surface area contributed by atoms with Crippen LogP contribution >= 0.6 is 0 Å². The summed E-state index contributed by atoms with van der Waals surface area (Å²) in [6.07, 6.45) is 0. The molecule has 0 saturated heterocycles. The normalized spacial score (nSPS) is 15.9. The molecule has 9 aromatic carbocycles. The Morgan fingerprint density at radius 3 is 1.33 bits per heavy atom. The molecule has 0 heterocycles. The molecule has 0 saturated carbocycles. The zero-order valence-electron chi connectivity index (χ0n) is 40.0. The second kappa shape index (κ2) is 14.6. The van der Waals surface area contributed by atoms with Crippen molar-refractivity contribution in [3.63, 3.8) is 0 Å². The molecule has 1 unspecified atom stereocenters. The van der Waals surface area contributed by atoms with Crippen LogP contribution in [0.25, 0.3) is 55.6 Å². The molecule has 3 aliphatic rings. The summed E-state index contributed by atoms with van der Waals surface area (Å²) in [5.74, 6) is 0. The number of nitrogens with zero attached hydrogens (tertiary/aromatic N) is 1. The van der Waals surface area contributed by atoms with Crippen molar-refractivity contribution < 1.29 is 0 Å². The summed E-state index contributed by atoms with van der Waals surface area (Å²) in [7, 11) is 0. The van der Waals surface area contributed by atoms with Gasteiger partial charge in [-0.1, -0.05) is 219 Å². The topological polar surface area (TPSA) is 3.24 Å². The van der Waals surface area contributed by atoms with Crippen LogP contribution in [0.4, 0.5) is 17.1 Å². The van der Waals surface area contributed by atoms with Gasteiger partial charge in [-0.3, -0.25) is 0 Å². The predicted molar refractivity (Wildman–Crippen MR) is 283 cm³/mol. The third kappa shape index (κ3) is 6.13. The van der Waals surface area contributed by atoms with Crippen molar-refractivity contribution in [2.45, 2.75) is 77.0 Å². The number of rotatable bonds is 5. The first-order valence-electron chi connectivity index (χ1n) is 24.1. The van der Waals surface area contributed by atoms with E-state index < -0.39 is 5.41 Å². The van der Waals surface area contributed by atoms with Crippen LogP contribution in [0, 0.1) is 0 Å². The largest absolute Gasteiger partial charge is 0.310 e. The zero-order valence-corrected chi connectivity index (χ0v) is 40.0. The maximum atomic E-state index is 2.55. The van der Waals surface area contributed by atoms with E-state index in [9.17, 15) is 0 Å². The minimum atomic E-state index is -0.537. The van der Waals surface area contributed by atoms with Gasteiger partial charge in [-0.15, -0.1) is 0 Å². The Kier molecular flexibility index (Phi) is 9.01. The minimum absolute atomic E-state index is 0.00744. The van der Waals surface area contributed by atoms with Crippen LogP contribution in [0.2, 0.25) is 0 Å². The molecular weight excluding hydrogens is 807 g/mol. The fourth-order valence-corrected chi connectivity index (χ4v) is 11.9. The monoisotopic (exact) mass is 863 g/mol.